The van der Waals surface area contributed by atoms with E-state index >= 15 is 0 Å². The van der Waals surface area contributed by atoms with Crippen molar-refractivity contribution in [3.63, 3.8) is 0 Å². The molecule has 0 saturated carbocycles. The molecule has 1 nitrogen and oxygen atoms in total. The van der Waals surface area contributed by atoms with E-state index in [1.165, 1.54) is 12.8 Å². The Kier molecular flexibility index (Phi) is 7.27. The Morgan fingerprint density at radius 2 is 2.17 bits per heavy atom. The largest absolute Gasteiger partial charge is 0.330 e. The van der Waals surface area contributed by atoms with Crippen molar-refractivity contribution in [3.05, 3.63) is 12.7 Å². The molecule has 0 aromatic carbocycles. The van der Waals surface area contributed by atoms with Crippen LogP contribution in [-0.4, -0.2) is 13.8 Å². The highest BCUT2D eigenvalue weighted by Gasteiger charge is 2.15. The van der Waals surface area contributed by atoms with Gasteiger partial charge in [-0.1, -0.05) is 44.9 Å². The van der Waals surface area contributed by atoms with Gasteiger partial charge < -0.3 is 5.73 Å². The molecule has 0 bridgehead atoms. The summed E-state index contributed by atoms with van der Waals surface area (Å²) in [5.74, 6) is 1.12. The molecule has 2 unspecified atom stereocenters. The number of rotatable bonds is 7. The van der Waals surface area contributed by atoms with Crippen LogP contribution in [0.25, 0.3) is 0 Å². The minimum Gasteiger partial charge on any atom is -0.330 e. The van der Waals surface area contributed by atoms with Crippen LogP contribution in [0.15, 0.2) is 12.7 Å². The summed E-state index contributed by atoms with van der Waals surface area (Å²) in [6, 6.07) is 0. The molecule has 0 aliphatic rings. The van der Waals surface area contributed by atoms with Crippen LogP contribution < -0.4 is 5.73 Å². The number of nitrogens with two attached hydrogens (primary N) is 1. The lowest BCUT2D eigenvalue weighted by Gasteiger charge is -2.21. The van der Waals surface area contributed by atoms with Crippen LogP contribution >= 0.6 is 0 Å². The van der Waals surface area contributed by atoms with Crippen molar-refractivity contribution in [1.29, 1.82) is 0 Å². The summed E-state index contributed by atoms with van der Waals surface area (Å²) in [6.07, 6.45) is 5.59. The van der Waals surface area contributed by atoms with E-state index < -0.39 is 0 Å². The molecule has 2 N–H and O–H groups in total. The van der Waals surface area contributed by atoms with Gasteiger partial charge in [0.25, 0.3) is 0 Å². The zero-order valence-electron chi connectivity index (χ0n) is 8.42. The summed E-state index contributed by atoms with van der Waals surface area (Å²) in [7, 11) is 2.36. The molecule has 1 radical (unpaired) electrons. The van der Waals surface area contributed by atoms with E-state index in [1.807, 2.05) is 6.08 Å². The molecular formula is C10H21BN. The molecular weight excluding hydrogens is 145 g/mol. The van der Waals surface area contributed by atoms with Crippen molar-refractivity contribution in [3.8, 4) is 0 Å². The lowest BCUT2D eigenvalue weighted by Crippen LogP contribution is -2.21. The molecule has 0 heterocycles. The summed E-state index contributed by atoms with van der Waals surface area (Å²) in [5, 5.41) is 0. The molecule has 0 spiro atoms. The third-order valence-electron chi connectivity index (χ3n) is 2.29. The zero-order chi connectivity index (χ0) is 9.40. The third kappa shape index (κ3) is 3.96. The van der Waals surface area contributed by atoms with Crippen molar-refractivity contribution >= 4 is 7.28 Å². The van der Waals surface area contributed by atoms with Crippen molar-refractivity contribution in [1.82, 2.24) is 0 Å². The molecule has 12 heavy (non-hydrogen) atoms. The zero-order valence-corrected chi connectivity index (χ0v) is 8.42. The minimum absolute atomic E-state index is 0.477. The molecule has 69 valence electrons. The van der Waals surface area contributed by atoms with Crippen molar-refractivity contribution in [2.45, 2.75) is 38.8 Å². The van der Waals surface area contributed by atoms with Crippen LogP contribution in [0.5, 0.6) is 0 Å². The lowest BCUT2D eigenvalue weighted by molar-refractivity contribution is 0.558. The van der Waals surface area contributed by atoms with E-state index in [9.17, 15) is 0 Å². The lowest BCUT2D eigenvalue weighted by atomic mass is 9.56. The molecule has 0 aromatic heterocycles. The first kappa shape index (κ1) is 11.8. The van der Waals surface area contributed by atoms with Crippen molar-refractivity contribution in [2.75, 3.05) is 6.54 Å². The topological polar surface area (TPSA) is 26.0 Å². The highest BCUT2D eigenvalue weighted by molar-refractivity contribution is 6.37. The number of hydrogen-bond donors (Lipinski definition) is 1. The van der Waals surface area contributed by atoms with E-state index in [0.717, 1.165) is 12.9 Å². The van der Waals surface area contributed by atoms with E-state index in [4.69, 9.17) is 5.73 Å². The van der Waals surface area contributed by atoms with Gasteiger partial charge in [-0.05, 0) is 12.5 Å². The normalized spacial score (nSPS) is 15.2. The second-order valence-electron chi connectivity index (χ2n) is 3.23. The Balaban J connectivity index is 3.94. The Hall–Kier alpha value is -0.235. The first-order valence-electron chi connectivity index (χ1n) is 4.96. The summed E-state index contributed by atoms with van der Waals surface area (Å²) in [5.41, 5.74) is 5.65. The maximum atomic E-state index is 5.65. The highest BCUT2D eigenvalue weighted by atomic mass is 14.5. The van der Waals surface area contributed by atoms with Crippen LogP contribution in [0.1, 0.15) is 26.7 Å². The third-order valence-corrected chi connectivity index (χ3v) is 2.29. The Morgan fingerprint density at radius 1 is 1.50 bits per heavy atom. The van der Waals surface area contributed by atoms with Gasteiger partial charge in [0.2, 0.25) is 0 Å². The van der Waals surface area contributed by atoms with Crippen molar-refractivity contribution in [2.24, 2.45) is 11.7 Å². The van der Waals surface area contributed by atoms with E-state index in [2.05, 4.69) is 27.7 Å². The van der Waals surface area contributed by atoms with E-state index in [1.54, 1.807) is 0 Å². The van der Waals surface area contributed by atoms with Crippen LogP contribution in [0, 0.1) is 5.92 Å². The standard InChI is InChI=1S/C10H21BN/c1-4-7-10(11-6-3)9(5-2)8-12/h5,9-10H,2,4,6-8,12H2,1,3H3. The fraction of sp³-hybridized carbons (Fsp3) is 0.800. The van der Waals surface area contributed by atoms with Gasteiger partial charge in [-0.25, -0.2) is 0 Å². The molecule has 0 aliphatic carbocycles. The maximum Gasteiger partial charge on any atom is 0.114 e. The number of hydrogen-bond acceptors (Lipinski definition) is 1. The quantitative estimate of drug-likeness (QED) is 0.456. The van der Waals surface area contributed by atoms with Crippen LogP contribution in [0.2, 0.25) is 12.1 Å². The Morgan fingerprint density at radius 3 is 2.50 bits per heavy atom. The smallest absolute Gasteiger partial charge is 0.114 e. The Labute approximate surface area is 77.7 Å². The molecule has 2 atom stereocenters. The minimum atomic E-state index is 0.477. The van der Waals surface area contributed by atoms with Gasteiger partial charge in [-0.2, -0.15) is 0 Å². The summed E-state index contributed by atoms with van der Waals surface area (Å²) < 4.78 is 0. The van der Waals surface area contributed by atoms with E-state index in [0.29, 0.717) is 11.7 Å². The van der Waals surface area contributed by atoms with Crippen LogP contribution in [0.4, 0.5) is 0 Å². The van der Waals surface area contributed by atoms with Crippen LogP contribution in [0.3, 0.4) is 0 Å². The predicted molar refractivity (Wildman–Crippen MR) is 57.6 cm³/mol. The molecule has 0 rings (SSSR count). The molecule has 0 aliphatic heterocycles. The van der Waals surface area contributed by atoms with Crippen LogP contribution in [-0.2, 0) is 0 Å². The van der Waals surface area contributed by atoms with Crippen molar-refractivity contribution < 1.29 is 0 Å². The summed E-state index contributed by atoms with van der Waals surface area (Å²) >= 11 is 0. The van der Waals surface area contributed by atoms with E-state index in [-0.39, 0.29) is 0 Å². The molecule has 2 heteroatoms. The van der Waals surface area contributed by atoms with Gasteiger partial charge in [0.05, 0.1) is 0 Å². The SMILES string of the molecule is C=CC(CN)C([B]CC)CCC. The maximum absolute atomic E-state index is 5.65. The fourth-order valence-electron chi connectivity index (χ4n) is 1.59. The molecule has 0 aromatic rings. The van der Waals surface area contributed by atoms with Gasteiger partial charge in [0.1, 0.15) is 7.28 Å². The second kappa shape index (κ2) is 7.42. The molecule has 0 saturated heterocycles. The first-order valence-corrected chi connectivity index (χ1v) is 4.96. The van der Waals surface area contributed by atoms with Gasteiger partial charge in [-0.15, -0.1) is 6.58 Å². The average Bonchev–Trinajstić information content (AvgIpc) is 2.07. The predicted octanol–water partition coefficient (Wildman–Crippen LogP) is 2.48. The average molecular weight is 166 g/mol. The monoisotopic (exact) mass is 166 g/mol. The molecule has 0 amide bonds. The summed E-state index contributed by atoms with van der Waals surface area (Å²) in [6.45, 7) is 8.94. The fourth-order valence-corrected chi connectivity index (χ4v) is 1.59. The van der Waals surface area contributed by atoms with Gasteiger partial charge >= 0.3 is 0 Å². The first-order chi connectivity index (χ1) is 5.79. The van der Waals surface area contributed by atoms with Gasteiger partial charge in [0, 0.05) is 0 Å². The Bertz CT molecular complexity index is 108. The second-order valence-corrected chi connectivity index (χ2v) is 3.23. The summed E-state index contributed by atoms with van der Waals surface area (Å²) in [4.78, 5) is 0. The highest BCUT2D eigenvalue weighted by Crippen LogP contribution is 2.24. The van der Waals surface area contributed by atoms with Gasteiger partial charge in [-0.3, -0.25) is 0 Å². The van der Waals surface area contributed by atoms with Gasteiger partial charge in [0.15, 0.2) is 0 Å². The molecule has 0 fully saturated rings.